The Morgan fingerprint density at radius 2 is 1.58 bits per heavy atom. The van der Waals surface area contributed by atoms with Crippen molar-refractivity contribution in [3.63, 3.8) is 0 Å². The van der Waals surface area contributed by atoms with Gasteiger partial charge in [0.05, 0.1) is 12.8 Å². The van der Waals surface area contributed by atoms with E-state index in [1.165, 1.54) is 22.8 Å². The summed E-state index contributed by atoms with van der Waals surface area (Å²) >= 11 is 0. The van der Waals surface area contributed by atoms with Crippen LogP contribution in [0.4, 0.5) is 13.2 Å². The Kier molecular flexibility index (Phi) is 7.30. The molecule has 4 aromatic rings. The van der Waals surface area contributed by atoms with Gasteiger partial charge in [0.2, 0.25) is 0 Å². The van der Waals surface area contributed by atoms with E-state index in [0.29, 0.717) is 41.5 Å². The first-order chi connectivity index (χ1) is 17.2. The molecule has 2 aromatic heterocycles. The summed E-state index contributed by atoms with van der Waals surface area (Å²) in [6.07, 6.45) is 0.115. The van der Waals surface area contributed by atoms with Gasteiger partial charge in [-0.05, 0) is 48.5 Å². The van der Waals surface area contributed by atoms with Gasteiger partial charge in [0.1, 0.15) is 29.6 Å². The van der Waals surface area contributed by atoms with Crippen molar-refractivity contribution in [1.82, 2.24) is 14.3 Å². The molecule has 8 nitrogen and oxygen atoms in total. The monoisotopic (exact) mass is 501 g/mol. The first-order valence-electron chi connectivity index (χ1n) is 10.7. The van der Waals surface area contributed by atoms with Gasteiger partial charge in [0.25, 0.3) is 5.56 Å². The van der Waals surface area contributed by atoms with Gasteiger partial charge in [-0.3, -0.25) is 14.0 Å². The Morgan fingerprint density at radius 3 is 2.19 bits per heavy atom. The highest BCUT2D eigenvalue weighted by molar-refractivity contribution is 5.69. The second-order valence-corrected chi connectivity index (χ2v) is 7.62. The van der Waals surface area contributed by atoms with E-state index in [4.69, 9.17) is 14.2 Å². The molecule has 0 aliphatic carbocycles. The van der Waals surface area contributed by atoms with Gasteiger partial charge in [0, 0.05) is 49.4 Å². The molecule has 11 heteroatoms. The van der Waals surface area contributed by atoms with E-state index in [1.54, 1.807) is 61.7 Å². The van der Waals surface area contributed by atoms with Gasteiger partial charge in [-0.25, -0.2) is 0 Å². The van der Waals surface area contributed by atoms with Crippen LogP contribution in [0.3, 0.4) is 0 Å². The molecule has 0 saturated carbocycles. The number of methoxy groups -OCH3 is 1. The molecule has 0 atom stereocenters. The van der Waals surface area contributed by atoms with E-state index in [1.807, 2.05) is 0 Å². The van der Waals surface area contributed by atoms with E-state index in [2.05, 4.69) is 9.84 Å². The smallest absolute Gasteiger partial charge is 0.491 e. The number of benzene rings is 2. The molecule has 0 amide bonds. The van der Waals surface area contributed by atoms with Crippen LogP contribution in [0.1, 0.15) is 0 Å². The van der Waals surface area contributed by atoms with Crippen LogP contribution in [0.2, 0.25) is 0 Å². The summed E-state index contributed by atoms with van der Waals surface area (Å²) in [6.45, 7) is 0.866. The number of nitrogens with zero attached hydrogens (tertiary/aromatic N) is 3. The lowest BCUT2D eigenvalue weighted by atomic mass is 10.1. The SMILES string of the molecule is COCCOc1ccc(Oc2cc(=O)n(-c3ccc(OC(F)(F)F)cc3)cc2-c2cnn(C)c2)cc1. The van der Waals surface area contributed by atoms with Crippen molar-refractivity contribution in [2.45, 2.75) is 6.36 Å². The van der Waals surface area contributed by atoms with Gasteiger partial charge in [-0.2, -0.15) is 5.10 Å². The fourth-order valence-electron chi connectivity index (χ4n) is 3.36. The molecular weight excluding hydrogens is 479 g/mol. The van der Waals surface area contributed by atoms with Crippen molar-refractivity contribution >= 4 is 0 Å². The number of hydrogen-bond donors (Lipinski definition) is 0. The topological polar surface area (TPSA) is 76.7 Å². The number of rotatable bonds is 9. The maximum Gasteiger partial charge on any atom is 0.573 e. The fourth-order valence-corrected chi connectivity index (χ4v) is 3.36. The zero-order chi connectivity index (χ0) is 25.7. The average Bonchev–Trinajstić information content (AvgIpc) is 3.26. The third-order valence-electron chi connectivity index (χ3n) is 4.99. The molecule has 4 rings (SSSR count). The molecule has 0 spiro atoms. The number of alkyl halides is 3. The third-order valence-corrected chi connectivity index (χ3v) is 4.99. The summed E-state index contributed by atoms with van der Waals surface area (Å²) in [5.41, 5.74) is 1.14. The minimum Gasteiger partial charge on any atom is -0.491 e. The molecule has 0 unspecified atom stereocenters. The zero-order valence-electron chi connectivity index (χ0n) is 19.4. The largest absolute Gasteiger partial charge is 0.573 e. The molecular formula is C25H22F3N3O5. The summed E-state index contributed by atoms with van der Waals surface area (Å²) < 4.78 is 60.8. The maximum absolute atomic E-state index is 13.0. The summed E-state index contributed by atoms with van der Waals surface area (Å²) in [5.74, 6) is 1.01. The van der Waals surface area contributed by atoms with Crippen LogP contribution in [0, 0.1) is 0 Å². The first kappa shape index (κ1) is 24.9. The highest BCUT2D eigenvalue weighted by atomic mass is 19.4. The number of halogens is 3. The summed E-state index contributed by atoms with van der Waals surface area (Å²) in [6, 6.07) is 13.2. The van der Waals surface area contributed by atoms with Gasteiger partial charge in [-0.1, -0.05) is 0 Å². The van der Waals surface area contributed by atoms with Gasteiger partial charge in [0.15, 0.2) is 0 Å². The van der Waals surface area contributed by atoms with Crippen molar-refractivity contribution in [2.24, 2.45) is 7.05 Å². The number of hydrogen-bond acceptors (Lipinski definition) is 6. The third kappa shape index (κ3) is 6.25. The van der Waals surface area contributed by atoms with Crippen LogP contribution >= 0.6 is 0 Å². The lowest BCUT2D eigenvalue weighted by molar-refractivity contribution is -0.274. The normalized spacial score (nSPS) is 11.4. The van der Waals surface area contributed by atoms with Crippen molar-refractivity contribution in [3.8, 4) is 39.8 Å². The molecule has 188 valence electrons. The Bertz CT molecular complexity index is 1360. The van der Waals surface area contributed by atoms with Crippen LogP contribution in [0.15, 0.2) is 78.0 Å². The summed E-state index contributed by atoms with van der Waals surface area (Å²) in [7, 11) is 3.34. The van der Waals surface area contributed by atoms with Gasteiger partial charge >= 0.3 is 6.36 Å². The molecule has 0 saturated heterocycles. The Morgan fingerprint density at radius 1 is 0.917 bits per heavy atom. The van der Waals surface area contributed by atoms with Crippen LogP contribution in [0.25, 0.3) is 16.8 Å². The lowest BCUT2D eigenvalue weighted by Gasteiger charge is -2.15. The van der Waals surface area contributed by atoms with Gasteiger partial charge < -0.3 is 18.9 Å². The molecule has 0 N–H and O–H groups in total. The van der Waals surface area contributed by atoms with E-state index in [-0.39, 0.29) is 11.5 Å². The Hall–Kier alpha value is -4.25. The minimum atomic E-state index is -4.81. The summed E-state index contributed by atoms with van der Waals surface area (Å²) in [5, 5.41) is 4.18. The van der Waals surface area contributed by atoms with Crippen LogP contribution < -0.4 is 19.8 Å². The van der Waals surface area contributed by atoms with E-state index in [9.17, 15) is 18.0 Å². The number of aromatic nitrogens is 3. The molecule has 0 aliphatic heterocycles. The highest BCUT2D eigenvalue weighted by Crippen LogP contribution is 2.33. The molecule has 0 bridgehead atoms. The number of ether oxygens (including phenoxy) is 4. The van der Waals surface area contributed by atoms with E-state index >= 15 is 0 Å². The Labute approximate surface area is 204 Å². The standard InChI is InChI=1S/C25H22F3N3O5/c1-30-15-17(14-29-30)22-16-31(18-3-5-21(6-4-18)36-25(26,27)28)24(32)13-23(22)35-20-9-7-19(8-10-20)34-12-11-33-2/h3-10,13-16H,11-12H2,1-2H3. The van der Waals surface area contributed by atoms with Crippen molar-refractivity contribution < 1.29 is 32.1 Å². The number of aryl methyl sites for hydroxylation is 1. The van der Waals surface area contributed by atoms with Crippen molar-refractivity contribution in [3.05, 3.63) is 83.5 Å². The quantitative estimate of drug-likeness (QED) is 0.302. The molecule has 2 heterocycles. The molecule has 36 heavy (non-hydrogen) atoms. The summed E-state index contributed by atoms with van der Waals surface area (Å²) in [4.78, 5) is 13.0. The van der Waals surface area contributed by atoms with Crippen LogP contribution in [-0.2, 0) is 11.8 Å². The van der Waals surface area contributed by atoms with Crippen LogP contribution in [0.5, 0.6) is 23.0 Å². The second kappa shape index (κ2) is 10.6. The predicted molar refractivity (Wildman–Crippen MR) is 125 cm³/mol. The van der Waals surface area contributed by atoms with E-state index in [0.717, 1.165) is 12.1 Å². The minimum absolute atomic E-state index is 0.286. The molecule has 0 radical (unpaired) electrons. The zero-order valence-corrected chi connectivity index (χ0v) is 19.4. The van der Waals surface area contributed by atoms with Crippen molar-refractivity contribution in [1.29, 1.82) is 0 Å². The predicted octanol–water partition coefficient (Wildman–Crippen LogP) is 4.95. The van der Waals surface area contributed by atoms with E-state index < -0.39 is 11.9 Å². The average molecular weight is 501 g/mol. The molecule has 0 aliphatic rings. The number of pyridine rings is 1. The van der Waals surface area contributed by atoms with Gasteiger partial charge in [-0.15, -0.1) is 13.2 Å². The highest BCUT2D eigenvalue weighted by Gasteiger charge is 2.31. The second-order valence-electron chi connectivity index (χ2n) is 7.62. The molecule has 0 fully saturated rings. The lowest BCUT2D eigenvalue weighted by Crippen LogP contribution is -2.18. The van der Waals surface area contributed by atoms with Crippen molar-refractivity contribution in [2.75, 3.05) is 20.3 Å². The first-order valence-corrected chi connectivity index (χ1v) is 10.7. The Balaban J connectivity index is 1.66. The fraction of sp³-hybridized carbons (Fsp3) is 0.200. The maximum atomic E-state index is 13.0. The van der Waals surface area contributed by atoms with Crippen LogP contribution in [-0.4, -0.2) is 41.0 Å². The molecule has 2 aromatic carbocycles.